The van der Waals surface area contributed by atoms with Crippen molar-refractivity contribution in [3.8, 4) is 0 Å². The number of nitrogens with one attached hydrogen (secondary N) is 2. The number of halogens is 1. The second-order valence-corrected chi connectivity index (χ2v) is 4.53. The Morgan fingerprint density at radius 3 is 2.38 bits per heavy atom. The summed E-state index contributed by atoms with van der Waals surface area (Å²) in [6.07, 6.45) is 1.65. The molecule has 0 spiro atoms. The van der Waals surface area contributed by atoms with E-state index < -0.39 is 6.04 Å². The van der Waals surface area contributed by atoms with E-state index >= 15 is 0 Å². The van der Waals surface area contributed by atoms with Crippen LogP contribution in [0.15, 0.2) is 0 Å². The van der Waals surface area contributed by atoms with Crippen molar-refractivity contribution in [1.82, 2.24) is 10.6 Å². The molecule has 2 N–H and O–H groups in total. The van der Waals surface area contributed by atoms with Gasteiger partial charge in [0.15, 0.2) is 0 Å². The predicted molar refractivity (Wildman–Crippen MR) is 65.4 cm³/mol. The van der Waals surface area contributed by atoms with Gasteiger partial charge in [-0.3, -0.25) is 9.59 Å². The van der Waals surface area contributed by atoms with Gasteiger partial charge >= 0.3 is 0 Å². The van der Waals surface area contributed by atoms with E-state index in [0.717, 1.165) is 0 Å². The van der Waals surface area contributed by atoms with E-state index in [1.165, 1.54) is 0 Å². The maximum absolute atomic E-state index is 11.5. The van der Waals surface area contributed by atoms with Crippen LogP contribution in [0.5, 0.6) is 0 Å². The zero-order valence-corrected chi connectivity index (χ0v) is 10.9. The van der Waals surface area contributed by atoms with Gasteiger partial charge in [0, 0.05) is 19.3 Å². The van der Waals surface area contributed by atoms with Gasteiger partial charge in [0.25, 0.3) is 0 Å². The van der Waals surface area contributed by atoms with Crippen LogP contribution < -0.4 is 10.6 Å². The molecule has 0 heterocycles. The minimum absolute atomic E-state index is 0.116. The van der Waals surface area contributed by atoms with Crippen LogP contribution in [0.4, 0.5) is 0 Å². The van der Waals surface area contributed by atoms with Gasteiger partial charge in [-0.15, -0.1) is 11.6 Å². The number of amides is 2. The maximum atomic E-state index is 11.5. The molecule has 4 nitrogen and oxygen atoms in total. The Labute approximate surface area is 102 Å². The van der Waals surface area contributed by atoms with Crippen LogP contribution in [0.3, 0.4) is 0 Å². The van der Waals surface area contributed by atoms with Crippen molar-refractivity contribution in [1.29, 1.82) is 0 Å². The first kappa shape index (κ1) is 15.2. The fourth-order valence-corrected chi connectivity index (χ4v) is 1.50. The van der Waals surface area contributed by atoms with Crippen LogP contribution in [0.2, 0.25) is 0 Å². The number of alkyl halides is 1. The SMILES string of the molecule is CNC(=O)C(CC(C)C)NC(=O)CCCCl. The second-order valence-electron chi connectivity index (χ2n) is 4.16. The molecule has 0 aromatic carbocycles. The smallest absolute Gasteiger partial charge is 0.242 e. The van der Waals surface area contributed by atoms with Crippen LogP contribution in [-0.4, -0.2) is 30.8 Å². The molecule has 94 valence electrons. The molecule has 1 unspecified atom stereocenters. The zero-order chi connectivity index (χ0) is 12.6. The van der Waals surface area contributed by atoms with E-state index in [-0.39, 0.29) is 11.8 Å². The van der Waals surface area contributed by atoms with Gasteiger partial charge in [-0.25, -0.2) is 0 Å². The molecule has 0 saturated carbocycles. The fraction of sp³-hybridized carbons (Fsp3) is 0.818. The monoisotopic (exact) mass is 248 g/mol. The van der Waals surface area contributed by atoms with Gasteiger partial charge in [-0.1, -0.05) is 13.8 Å². The topological polar surface area (TPSA) is 58.2 Å². The fourth-order valence-electron chi connectivity index (χ4n) is 1.37. The molecule has 16 heavy (non-hydrogen) atoms. The van der Waals surface area contributed by atoms with E-state index in [4.69, 9.17) is 11.6 Å². The van der Waals surface area contributed by atoms with Crippen molar-refractivity contribution in [2.24, 2.45) is 5.92 Å². The average Bonchev–Trinajstić information content (AvgIpc) is 2.23. The standard InChI is InChI=1S/C11H21ClN2O2/c1-8(2)7-9(11(16)13-3)14-10(15)5-4-6-12/h8-9H,4-7H2,1-3H3,(H,13,16)(H,14,15). The number of carbonyl (C=O) groups is 2. The number of likely N-dealkylation sites (N-methyl/N-ethyl adjacent to an activating group) is 1. The maximum Gasteiger partial charge on any atom is 0.242 e. The highest BCUT2D eigenvalue weighted by Crippen LogP contribution is 2.05. The second kappa shape index (κ2) is 8.39. The Hall–Kier alpha value is -0.770. The lowest BCUT2D eigenvalue weighted by Gasteiger charge is -2.18. The van der Waals surface area contributed by atoms with E-state index in [2.05, 4.69) is 10.6 Å². The van der Waals surface area contributed by atoms with Gasteiger partial charge in [0.2, 0.25) is 11.8 Å². The summed E-state index contributed by atoms with van der Waals surface area (Å²) in [6, 6.07) is -0.437. The average molecular weight is 249 g/mol. The Morgan fingerprint density at radius 2 is 1.94 bits per heavy atom. The summed E-state index contributed by atoms with van der Waals surface area (Å²) in [5.74, 6) is 0.556. The molecule has 5 heteroatoms. The molecule has 0 saturated heterocycles. The summed E-state index contributed by atoms with van der Waals surface area (Å²) in [6.45, 7) is 4.03. The number of hydrogen-bond donors (Lipinski definition) is 2. The highest BCUT2D eigenvalue weighted by molar-refractivity contribution is 6.17. The molecule has 1 atom stereocenters. The summed E-state index contributed by atoms with van der Waals surface area (Å²) >= 11 is 5.50. The number of hydrogen-bond acceptors (Lipinski definition) is 2. The van der Waals surface area contributed by atoms with Crippen LogP contribution in [-0.2, 0) is 9.59 Å². The molecular weight excluding hydrogens is 228 g/mol. The normalized spacial score (nSPS) is 12.3. The van der Waals surface area contributed by atoms with Crippen LogP contribution in [0, 0.1) is 5.92 Å². The number of carbonyl (C=O) groups excluding carboxylic acids is 2. The highest BCUT2D eigenvalue weighted by atomic mass is 35.5. The minimum Gasteiger partial charge on any atom is -0.357 e. The molecular formula is C11H21ClN2O2. The summed E-state index contributed by atoms with van der Waals surface area (Å²) < 4.78 is 0. The first-order chi connectivity index (χ1) is 7.51. The first-order valence-corrected chi connectivity index (χ1v) is 6.11. The molecule has 0 aliphatic heterocycles. The van der Waals surface area contributed by atoms with Crippen LogP contribution in [0.1, 0.15) is 33.1 Å². The Morgan fingerprint density at radius 1 is 1.31 bits per heavy atom. The van der Waals surface area contributed by atoms with Gasteiger partial charge in [-0.2, -0.15) is 0 Å². The van der Waals surface area contributed by atoms with E-state index in [1.54, 1.807) is 7.05 Å². The first-order valence-electron chi connectivity index (χ1n) is 5.58. The highest BCUT2D eigenvalue weighted by Gasteiger charge is 2.20. The van der Waals surface area contributed by atoms with E-state index in [9.17, 15) is 9.59 Å². The zero-order valence-electron chi connectivity index (χ0n) is 10.2. The number of rotatable bonds is 7. The van der Waals surface area contributed by atoms with E-state index in [1.807, 2.05) is 13.8 Å². The van der Waals surface area contributed by atoms with Gasteiger partial charge in [0.05, 0.1) is 0 Å². The van der Waals surface area contributed by atoms with Crippen molar-refractivity contribution in [2.75, 3.05) is 12.9 Å². The quantitative estimate of drug-likeness (QED) is 0.667. The van der Waals surface area contributed by atoms with Crippen molar-refractivity contribution >= 4 is 23.4 Å². The van der Waals surface area contributed by atoms with Crippen molar-refractivity contribution in [3.63, 3.8) is 0 Å². The largest absolute Gasteiger partial charge is 0.357 e. The van der Waals surface area contributed by atoms with Crippen LogP contribution in [0.25, 0.3) is 0 Å². The van der Waals surface area contributed by atoms with Gasteiger partial charge < -0.3 is 10.6 Å². The van der Waals surface area contributed by atoms with Gasteiger partial charge in [0.1, 0.15) is 6.04 Å². The van der Waals surface area contributed by atoms with Crippen molar-refractivity contribution in [3.05, 3.63) is 0 Å². The third-order valence-corrected chi connectivity index (χ3v) is 2.41. The lowest BCUT2D eigenvalue weighted by atomic mass is 10.0. The summed E-state index contributed by atoms with van der Waals surface area (Å²) in [7, 11) is 1.57. The van der Waals surface area contributed by atoms with Crippen LogP contribution >= 0.6 is 11.6 Å². The summed E-state index contributed by atoms with van der Waals surface area (Å²) in [5, 5.41) is 5.28. The Balaban J connectivity index is 4.19. The molecule has 0 aliphatic carbocycles. The van der Waals surface area contributed by atoms with Crippen molar-refractivity contribution in [2.45, 2.75) is 39.2 Å². The molecule has 0 rings (SSSR count). The van der Waals surface area contributed by atoms with Gasteiger partial charge in [-0.05, 0) is 18.8 Å². The molecule has 2 amide bonds. The third kappa shape index (κ3) is 6.67. The molecule has 0 aromatic rings. The molecule has 0 radical (unpaired) electrons. The molecule has 0 fully saturated rings. The summed E-state index contributed by atoms with van der Waals surface area (Å²) in [4.78, 5) is 23.0. The molecule has 0 aromatic heterocycles. The molecule has 0 aliphatic rings. The Bertz CT molecular complexity index is 232. The molecule has 0 bridgehead atoms. The lowest BCUT2D eigenvalue weighted by molar-refractivity contribution is -0.129. The minimum atomic E-state index is -0.437. The summed E-state index contributed by atoms with van der Waals surface area (Å²) in [5.41, 5.74) is 0. The Kier molecular flexibility index (Phi) is 7.99. The lowest BCUT2D eigenvalue weighted by Crippen LogP contribution is -2.46. The third-order valence-electron chi connectivity index (χ3n) is 2.14. The van der Waals surface area contributed by atoms with Crippen molar-refractivity contribution < 1.29 is 9.59 Å². The predicted octanol–water partition coefficient (Wildman–Crippen LogP) is 1.28. The van der Waals surface area contributed by atoms with E-state index in [0.29, 0.717) is 31.1 Å².